The van der Waals surface area contributed by atoms with Crippen molar-refractivity contribution in [1.29, 1.82) is 0 Å². The van der Waals surface area contributed by atoms with Crippen molar-refractivity contribution in [3.63, 3.8) is 0 Å². The highest BCUT2D eigenvalue weighted by Gasteiger charge is 2.44. The van der Waals surface area contributed by atoms with Crippen molar-refractivity contribution in [3.05, 3.63) is 54.2 Å². The van der Waals surface area contributed by atoms with Gasteiger partial charge in [0.1, 0.15) is 29.8 Å². The second kappa shape index (κ2) is 10.1. The number of aromatic nitrogens is 3. The number of piperidine rings is 1. The minimum absolute atomic E-state index is 0.0190. The van der Waals surface area contributed by atoms with E-state index >= 15 is 0 Å². The highest BCUT2D eigenvalue weighted by molar-refractivity contribution is 5.87. The Morgan fingerprint density at radius 2 is 1.89 bits per heavy atom. The lowest BCUT2D eigenvalue weighted by Crippen LogP contribution is -2.53. The lowest BCUT2D eigenvalue weighted by atomic mass is 9.85. The predicted molar refractivity (Wildman–Crippen MR) is 140 cm³/mol. The summed E-state index contributed by atoms with van der Waals surface area (Å²) in [4.78, 5) is 14.3. The number of hydrogen-bond acceptors (Lipinski definition) is 6. The SMILES string of the molecule is CN1CCC2(CCCN2CC2CCC(n3ccc4c(NCCc5ccc(F)cc5)ncnc43)O2)CC1. The molecule has 3 fully saturated rings. The molecule has 0 aliphatic carbocycles. The van der Waals surface area contributed by atoms with E-state index in [0.29, 0.717) is 5.54 Å². The van der Waals surface area contributed by atoms with E-state index in [1.807, 2.05) is 12.1 Å². The van der Waals surface area contributed by atoms with Gasteiger partial charge in [-0.3, -0.25) is 4.90 Å². The summed E-state index contributed by atoms with van der Waals surface area (Å²) in [7, 11) is 2.24. The standard InChI is InChI=1S/C28H37FN6O/c1-33-17-12-28(13-18-33)11-2-15-34(28)19-23-7-8-25(36-23)35-16-10-24-26(31-20-32-27(24)35)30-14-9-21-3-5-22(29)6-4-21/h3-6,10,16,20,23,25H,2,7-9,11-15,17-19H2,1H3,(H,30,31,32). The van der Waals surface area contributed by atoms with Gasteiger partial charge in [-0.1, -0.05) is 12.1 Å². The van der Waals surface area contributed by atoms with E-state index < -0.39 is 0 Å². The number of rotatable bonds is 7. The summed E-state index contributed by atoms with van der Waals surface area (Å²) in [6.45, 7) is 5.39. The van der Waals surface area contributed by atoms with E-state index in [9.17, 15) is 4.39 Å². The van der Waals surface area contributed by atoms with Gasteiger partial charge in [-0.15, -0.1) is 0 Å². The van der Waals surface area contributed by atoms with Crippen LogP contribution in [0.4, 0.5) is 10.2 Å². The fraction of sp³-hybridized carbons (Fsp3) is 0.571. The number of likely N-dealkylation sites (tertiary alicyclic amines) is 2. The maximum absolute atomic E-state index is 13.2. The first-order valence-electron chi connectivity index (χ1n) is 13.5. The van der Waals surface area contributed by atoms with Gasteiger partial charge in [-0.05, 0) is 95.4 Å². The molecule has 0 saturated carbocycles. The van der Waals surface area contributed by atoms with Gasteiger partial charge >= 0.3 is 0 Å². The van der Waals surface area contributed by atoms with Gasteiger partial charge in [0.25, 0.3) is 0 Å². The summed E-state index contributed by atoms with van der Waals surface area (Å²) >= 11 is 0. The maximum atomic E-state index is 13.2. The minimum Gasteiger partial charge on any atom is -0.369 e. The number of benzene rings is 1. The van der Waals surface area contributed by atoms with Gasteiger partial charge < -0.3 is 19.5 Å². The van der Waals surface area contributed by atoms with Gasteiger partial charge in [-0.2, -0.15) is 0 Å². The second-order valence-corrected chi connectivity index (χ2v) is 10.9. The van der Waals surface area contributed by atoms with E-state index in [4.69, 9.17) is 4.74 Å². The minimum atomic E-state index is -0.205. The molecule has 2 unspecified atom stereocenters. The summed E-state index contributed by atoms with van der Waals surface area (Å²) < 4.78 is 21.9. The number of fused-ring (bicyclic) bond motifs is 1. The van der Waals surface area contributed by atoms with Crippen molar-refractivity contribution < 1.29 is 9.13 Å². The Labute approximate surface area is 212 Å². The normalized spacial score (nSPS) is 24.7. The molecular weight excluding hydrogens is 455 g/mol. The maximum Gasteiger partial charge on any atom is 0.147 e. The van der Waals surface area contributed by atoms with Crippen LogP contribution in [-0.4, -0.2) is 75.7 Å². The Morgan fingerprint density at radius 3 is 2.72 bits per heavy atom. The Morgan fingerprint density at radius 1 is 1.06 bits per heavy atom. The van der Waals surface area contributed by atoms with Crippen molar-refractivity contribution in [2.24, 2.45) is 0 Å². The monoisotopic (exact) mass is 492 g/mol. The van der Waals surface area contributed by atoms with E-state index in [1.54, 1.807) is 6.33 Å². The molecule has 3 aliphatic heterocycles. The van der Waals surface area contributed by atoms with Gasteiger partial charge in [-0.25, -0.2) is 14.4 Å². The molecule has 3 aliphatic rings. The zero-order chi connectivity index (χ0) is 24.5. The van der Waals surface area contributed by atoms with Crippen molar-refractivity contribution in [2.45, 2.75) is 62.8 Å². The first-order valence-corrected chi connectivity index (χ1v) is 13.5. The lowest BCUT2D eigenvalue weighted by molar-refractivity contribution is -0.0323. The van der Waals surface area contributed by atoms with E-state index in [0.717, 1.165) is 54.8 Å². The molecule has 192 valence electrons. The lowest BCUT2D eigenvalue weighted by Gasteiger charge is -2.45. The topological polar surface area (TPSA) is 58.5 Å². The number of nitrogens with zero attached hydrogens (tertiary/aromatic N) is 5. The number of ether oxygens (including phenoxy) is 1. The quantitative estimate of drug-likeness (QED) is 0.526. The van der Waals surface area contributed by atoms with Crippen LogP contribution in [0.1, 0.15) is 50.3 Å². The fourth-order valence-corrected chi connectivity index (χ4v) is 6.47. The average Bonchev–Trinajstić information content (AvgIpc) is 3.62. The van der Waals surface area contributed by atoms with Crippen LogP contribution < -0.4 is 5.32 Å². The highest BCUT2D eigenvalue weighted by atomic mass is 19.1. The Balaban J connectivity index is 1.09. The largest absolute Gasteiger partial charge is 0.369 e. The van der Waals surface area contributed by atoms with Crippen LogP contribution >= 0.6 is 0 Å². The third-order valence-corrected chi connectivity index (χ3v) is 8.61. The molecule has 6 rings (SSSR count). The van der Waals surface area contributed by atoms with Crippen LogP contribution in [0.15, 0.2) is 42.9 Å². The van der Waals surface area contributed by atoms with Crippen LogP contribution in [-0.2, 0) is 11.2 Å². The first-order chi connectivity index (χ1) is 17.6. The zero-order valence-electron chi connectivity index (χ0n) is 21.2. The van der Waals surface area contributed by atoms with E-state index in [2.05, 4.69) is 49.0 Å². The third kappa shape index (κ3) is 4.74. The molecule has 0 bridgehead atoms. The summed E-state index contributed by atoms with van der Waals surface area (Å²) in [5.41, 5.74) is 2.40. The van der Waals surface area contributed by atoms with Crippen molar-refractivity contribution in [3.8, 4) is 0 Å². The molecular formula is C28H37FN6O. The third-order valence-electron chi connectivity index (χ3n) is 8.61. The molecule has 2 aromatic heterocycles. The molecule has 3 aromatic rings. The molecule has 3 saturated heterocycles. The number of halogens is 1. The average molecular weight is 493 g/mol. The summed E-state index contributed by atoms with van der Waals surface area (Å²) in [6.07, 6.45) is 12.1. The number of anilines is 1. The van der Waals surface area contributed by atoms with Crippen LogP contribution in [0.3, 0.4) is 0 Å². The van der Waals surface area contributed by atoms with Gasteiger partial charge in [0.2, 0.25) is 0 Å². The van der Waals surface area contributed by atoms with Gasteiger partial charge in [0.05, 0.1) is 11.5 Å². The summed E-state index contributed by atoms with van der Waals surface area (Å²) in [5, 5.41) is 4.45. The molecule has 8 heteroatoms. The molecule has 0 radical (unpaired) electrons. The molecule has 5 heterocycles. The molecule has 2 atom stereocenters. The van der Waals surface area contributed by atoms with Crippen molar-refractivity contribution in [2.75, 3.05) is 45.1 Å². The molecule has 1 spiro atoms. The van der Waals surface area contributed by atoms with Crippen LogP contribution in [0, 0.1) is 5.82 Å². The Hall–Kier alpha value is -2.55. The zero-order valence-corrected chi connectivity index (χ0v) is 21.2. The first kappa shape index (κ1) is 23.8. The van der Waals surface area contributed by atoms with E-state index in [1.165, 1.54) is 57.5 Å². The van der Waals surface area contributed by atoms with Crippen LogP contribution in [0.25, 0.3) is 11.0 Å². The molecule has 1 aromatic carbocycles. The van der Waals surface area contributed by atoms with Crippen molar-refractivity contribution >= 4 is 16.9 Å². The summed E-state index contributed by atoms with van der Waals surface area (Å²) in [6, 6.07) is 8.75. The Bertz CT molecular complexity index is 1170. The molecule has 1 N–H and O–H groups in total. The second-order valence-electron chi connectivity index (χ2n) is 10.9. The number of nitrogens with one attached hydrogen (secondary N) is 1. The van der Waals surface area contributed by atoms with Gasteiger partial charge in [0.15, 0.2) is 0 Å². The highest BCUT2D eigenvalue weighted by Crippen LogP contribution is 2.40. The smallest absolute Gasteiger partial charge is 0.147 e. The van der Waals surface area contributed by atoms with Crippen molar-refractivity contribution in [1.82, 2.24) is 24.3 Å². The van der Waals surface area contributed by atoms with Crippen LogP contribution in [0.2, 0.25) is 0 Å². The van der Waals surface area contributed by atoms with Crippen LogP contribution in [0.5, 0.6) is 0 Å². The molecule has 36 heavy (non-hydrogen) atoms. The molecule has 7 nitrogen and oxygen atoms in total. The fourth-order valence-electron chi connectivity index (χ4n) is 6.47. The predicted octanol–water partition coefficient (Wildman–Crippen LogP) is 4.46. The number of hydrogen-bond donors (Lipinski definition) is 1. The van der Waals surface area contributed by atoms with Gasteiger partial charge in [0, 0.05) is 24.8 Å². The molecule has 0 amide bonds. The van der Waals surface area contributed by atoms with E-state index in [-0.39, 0.29) is 18.1 Å². The summed E-state index contributed by atoms with van der Waals surface area (Å²) in [5.74, 6) is 0.625. The Kier molecular flexibility index (Phi) is 6.67.